The molecule has 0 spiro atoms. The zero-order chi connectivity index (χ0) is 25.2. The second-order valence-electron chi connectivity index (χ2n) is 7.91. The molecule has 0 amide bonds. The number of nitro groups is 1. The molecule has 0 aliphatic rings. The van der Waals surface area contributed by atoms with Crippen molar-refractivity contribution in [1.82, 2.24) is 9.71 Å². The summed E-state index contributed by atoms with van der Waals surface area (Å²) in [7, 11) is -0.971. The average Bonchev–Trinajstić information content (AvgIpc) is 2.85. The van der Waals surface area contributed by atoms with Gasteiger partial charge in [-0.2, -0.15) is 4.72 Å². The fourth-order valence-electron chi connectivity index (χ4n) is 3.72. The number of sulfonamides is 1. The van der Waals surface area contributed by atoms with Gasteiger partial charge in [-0.3, -0.25) is 14.9 Å². The number of hydrogen-bond donors (Lipinski definition) is 1. The number of esters is 1. The Hall–Kier alpha value is -4.09. The Balaban J connectivity index is 1.48. The highest BCUT2D eigenvalue weighted by Gasteiger charge is 2.23. The SMILES string of the molecule is CN(C)c1ccc(S(=O)(=O)NCC(=O)OCc2nc3ccccc3c3ccccc23)cc1[N+](=O)[O-]. The van der Waals surface area contributed by atoms with Crippen molar-refractivity contribution in [3.8, 4) is 0 Å². The van der Waals surface area contributed by atoms with Gasteiger partial charge >= 0.3 is 5.97 Å². The van der Waals surface area contributed by atoms with E-state index in [0.29, 0.717) is 5.69 Å². The van der Waals surface area contributed by atoms with E-state index in [1.54, 1.807) is 14.1 Å². The lowest BCUT2D eigenvalue weighted by atomic mass is 10.0. The van der Waals surface area contributed by atoms with Crippen LogP contribution in [0, 0.1) is 10.1 Å². The quantitative estimate of drug-likeness (QED) is 0.171. The molecule has 0 radical (unpaired) electrons. The van der Waals surface area contributed by atoms with E-state index < -0.39 is 27.5 Å². The first-order valence-electron chi connectivity index (χ1n) is 10.5. The molecule has 4 aromatic rings. The van der Waals surface area contributed by atoms with Gasteiger partial charge in [-0.15, -0.1) is 0 Å². The molecule has 0 aliphatic carbocycles. The summed E-state index contributed by atoms with van der Waals surface area (Å²) in [4.78, 5) is 28.8. The third kappa shape index (κ3) is 5.05. The maximum absolute atomic E-state index is 12.6. The number of nitrogens with one attached hydrogen (secondary N) is 1. The van der Waals surface area contributed by atoms with Crippen molar-refractivity contribution in [2.24, 2.45) is 0 Å². The van der Waals surface area contributed by atoms with Gasteiger partial charge in [0.05, 0.1) is 21.0 Å². The molecular formula is C24H22N4O6S. The third-order valence-corrected chi connectivity index (χ3v) is 6.80. The minimum atomic E-state index is -4.19. The fraction of sp³-hybridized carbons (Fsp3) is 0.167. The number of hydrogen-bond acceptors (Lipinski definition) is 8. The summed E-state index contributed by atoms with van der Waals surface area (Å²) >= 11 is 0. The molecule has 0 saturated heterocycles. The van der Waals surface area contributed by atoms with E-state index in [9.17, 15) is 23.3 Å². The number of para-hydroxylation sites is 1. The van der Waals surface area contributed by atoms with Crippen LogP contribution in [0.4, 0.5) is 11.4 Å². The molecule has 10 nitrogen and oxygen atoms in total. The van der Waals surface area contributed by atoms with Gasteiger partial charge in [-0.05, 0) is 23.6 Å². The van der Waals surface area contributed by atoms with E-state index in [4.69, 9.17) is 4.74 Å². The zero-order valence-electron chi connectivity index (χ0n) is 19.0. The molecule has 3 aromatic carbocycles. The van der Waals surface area contributed by atoms with Gasteiger partial charge < -0.3 is 9.64 Å². The Morgan fingerprint density at radius 3 is 2.37 bits per heavy atom. The number of carbonyl (C=O) groups is 1. The number of carbonyl (C=O) groups excluding carboxylic acids is 1. The molecule has 1 heterocycles. The second kappa shape index (κ2) is 9.65. The molecule has 0 fully saturated rings. The first kappa shape index (κ1) is 24.0. The van der Waals surface area contributed by atoms with E-state index in [-0.39, 0.29) is 22.9 Å². The number of aromatic nitrogens is 1. The third-order valence-electron chi connectivity index (χ3n) is 5.40. The summed E-state index contributed by atoms with van der Waals surface area (Å²) in [5.74, 6) is -0.813. The molecule has 0 atom stereocenters. The van der Waals surface area contributed by atoms with Crippen molar-refractivity contribution in [3.05, 3.63) is 82.5 Å². The monoisotopic (exact) mass is 494 g/mol. The zero-order valence-corrected chi connectivity index (χ0v) is 19.8. The van der Waals surface area contributed by atoms with Gasteiger partial charge in [0.25, 0.3) is 5.69 Å². The molecule has 35 heavy (non-hydrogen) atoms. The van der Waals surface area contributed by atoms with E-state index in [0.717, 1.165) is 27.7 Å². The van der Waals surface area contributed by atoms with E-state index in [2.05, 4.69) is 9.71 Å². The van der Waals surface area contributed by atoms with E-state index in [1.807, 2.05) is 48.5 Å². The van der Waals surface area contributed by atoms with Crippen LogP contribution in [0.3, 0.4) is 0 Å². The highest BCUT2D eigenvalue weighted by molar-refractivity contribution is 7.89. The van der Waals surface area contributed by atoms with Gasteiger partial charge in [0.1, 0.15) is 18.8 Å². The first-order chi connectivity index (χ1) is 16.7. The number of ether oxygens (including phenoxy) is 1. The Bertz CT molecular complexity index is 1550. The predicted molar refractivity (Wildman–Crippen MR) is 132 cm³/mol. The lowest BCUT2D eigenvalue weighted by Crippen LogP contribution is -2.30. The lowest BCUT2D eigenvalue weighted by molar-refractivity contribution is -0.384. The summed E-state index contributed by atoms with van der Waals surface area (Å²) in [5.41, 5.74) is 1.18. The van der Waals surface area contributed by atoms with Gasteiger partial charge in [0, 0.05) is 30.9 Å². The maximum Gasteiger partial charge on any atom is 0.321 e. The van der Waals surface area contributed by atoms with Crippen LogP contribution in [0.1, 0.15) is 5.69 Å². The molecule has 11 heteroatoms. The number of benzene rings is 3. The number of rotatable bonds is 8. The second-order valence-corrected chi connectivity index (χ2v) is 9.68. The number of pyridine rings is 1. The topological polar surface area (TPSA) is 132 Å². The Morgan fingerprint density at radius 1 is 1.03 bits per heavy atom. The molecule has 4 rings (SSSR count). The smallest absolute Gasteiger partial charge is 0.321 e. The summed E-state index contributed by atoms with van der Waals surface area (Å²) in [6, 6.07) is 18.7. The van der Waals surface area contributed by atoms with Crippen LogP contribution in [-0.4, -0.2) is 44.9 Å². The number of nitro benzene ring substituents is 1. The predicted octanol–water partition coefficient (Wildman–Crippen LogP) is 3.38. The Morgan fingerprint density at radius 2 is 1.69 bits per heavy atom. The van der Waals surface area contributed by atoms with Crippen molar-refractivity contribution in [3.63, 3.8) is 0 Å². The Kier molecular flexibility index (Phi) is 6.63. The van der Waals surface area contributed by atoms with Gasteiger partial charge in [-0.1, -0.05) is 42.5 Å². The summed E-state index contributed by atoms with van der Waals surface area (Å²) in [6.07, 6.45) is 0. The summed E-state index contributed by atoms with van der Waals surface area (Å²) in [5, 5.41) is 14.1. The van der Waals surface area contributed by atoms with Crippen molar-refractivity contribution in [2.75, 3.05) is 25.5 Å². The van der Waals surface area contributed by atoms with Crippen molar-refractivity contribution >= 4 is 49.0 Å². The molecule has 0 unspecified atom stereocenters. The molecular weight excluding hydrogens is 472 g/mol. The summed E-state index contributed by atoms with van der Waals surface area (Å²) in [6.45, 7) is -0.786. The van der Waals surface area contributed by atoms with Gasteiger partial charge in [0.15, 0.2) is 0 Å². The van der Waals surface area contributed by atoms with Crippen LogP contribution in [0.15, 0.2) is 71.6 Å². The Labute approximate surface area is 201 Å². The van der Waals surface area contributed by atoms with E-state index in [1.165, 1.54) is 17.0 Å². The van der Waals surface area contributed by atoms with Crippen molar-refractivity contribution < 1.29 is 22.9 Å². The fourth-order valence-corrected chi connectivity index (χ4v) is 4.70. The standard InChI is InChI=1S/C24H22N4O6S/c1-27(2)22-12-11-16(13-23(22)28(30)31)35(32,33)25-14-24(29)34-15-21-19-9-4-3-7-17(19)18-8-5-6-10-20(18)26-21/h3-13,25H,14-15H2,1-2H3. The molecule has 180 valence electrons. The molecule has 1 N–H and O–H groups in total. The lowest BCUT2D eigenvalue weighted by Gasteiger charge is -2.14. The minimum absolute atomic E-state index is 0.144. The minimum Gasteiger partial charge on any atom is -0.458 e. The van der Waals surface area contributed by atoms with Gasteiger partial charge in [0.2, 0.25) is 10.0 Å². The van der Waals surface area contributed by atoms with Crippen molar-refractivity contribution in [2.45, 2.75) is 11.5 Å². The van der Waals surface area contributed by atoms with Crippen LogP contribution in [0.5, 0.6) is 0 Å². The normalized spacial score (nSPS) is 11.5. The van der Waals surface area contributed by atoms with Crippen LogP contribution in [-0.2, 0) is 26.2 Å². The molecule has 0 aliphatic heterocycles. The first-order valence-corrected chi connectivity index (χ1v) is 12.0. The molecule has 0 bridgehead atoms. The average molecular weight is 495 g/mol. The van der Waals surface area contributed by atoms with Crippen LogP contribution in [0.2, 0.25) is 0 Å². The largest absolute Gasteiger partial charge is 0.458 e. The van der Waals surface area contributed by atoms with E-state index >= 15 is 0 Å². The molecule has 1 aromatic heterocycles. The number of fused-ring (bicyclic) bond motifs is 3. The number of nitrogens with zero attached hydrogens (tertiary/aromatic N) is 3. The number of anilines is 1. The maximum atomic E-state index is 12.6. The highest BCUT2D eigenvalue weighted by atomic mass is 32.2. The van der Waals surface area contributed by atoms with Crippen LogP contribution < -0.4 is 9.62 Å². The summed E-state index contributed by atoms with van der Waals surface area (Å²) < 4.78 is 32.7. The van der Waals surface area contributed by atoms with Crippen LogP contribution in [0.25, 0.3) is 21.7 Å². The van der Waals surface area contributed by atoms with Crippen molar-refractivity contribution in [1.29, 1.82) is 0 Å². The molecule has 0 saturated carbocycles. The highest BCUT2D eigenvalue weighted by Crippen LogP contribution is 2.29. The van der Waals surface area contributed by atoms with Crippen LogP contribution >= 0.6 is 0 Å². The van der Waals surface area contributed by atoms with Gasteiger partial charge in [-0.25, -0.2) is 13.4 Å².